The number of hydrogen-bond acceptors (Lipinski definition) is 1. The predicted molar refractivity (Wildman–Crippen MR) is 91.0 cm³/mol. The Morgan fingerprint density at radius 2 is 1.35 bits per heavy atom. The number of para-hydroxylation sites is 1. The quantitative estimate of drug-likeness (QED) is 0.609. The van der Waals surface area contributed by atoms with Crippen molar-refractivity contribution >= 4 is 0 Å². The number of ether oxygens (including phenoxy) is 1. The maximum absolute atomic E-state index is 14.2. The zero-order valence-electron chi connectivity index (χ0n) is 12.9. The Morgan fingerprint density at radius 1 is 0.696 bits per heavy atom. The summed E-state index contributed by atoms with van der Waals surface area (Å²) in [5.74, 6) is 0.548. The van der Waals surface area contributed by atoms with Gasteiger partial charge >= 0.3 is 0 Å². The average Bonchev–Trinajstić information content (AvgIpc) is 2.61. The third kappa shape index (κ3) is 4.43. The van der Waals surface area contributed by atoms with Crippen molar-refractivity contribution in [2.75, 3.05) is 0 Å². The topological polar surface area (TPSA) is 9.23 Å². The second-order valence-corrected chi connectivity index (χ2v) is 5.51. The predicted octanol–water partition coefficient (Wildman–Crippen LogP) is 5.19. The van der Waals surface area contributed by atoms with E-state index in [1.165, 1.54) is 5.56 Å². The molecule has 3 aromatic rings. The summed E-state index contributed by atoms with van der Waals surface area (Å²) in [7, 11) is 0. The highest BCUT2D eigenvalue weighted by Crippen LogP contribution is 2.16. The summed E-state index contributed by atoms with van der Waals surface area (Å²) in [5, 5.41) is 0. The van der Waals surface area contributed by atoms with Gasteiger partial charge in [0.25, 0.3) is 0 Å². The lowest BCUT2D eigenvalue weighted by molar-refractivity contribution is 0.300. The number of aryl methyl sites for hydroxylation is 2. The summed E-state index contributed by atoms with van der Waals surface area (Å²) in [6.45, 7) is 0.245. The first kappa shape index (κ1) is 15.3. The van der Waals surface area contributed by atoms with Crippen LogP contribution in [0.25, 0.3) is 0 Å². The van der Waals surface area contributed by atoms with Crippen molar-refractivity contribution in [1.29, 1.82) is 0 Å². The van der Waals surface area contributed by atoms with E-state index in [1.54, 1.807) is 6.07 Å². The molecule has 0 saturated carbocycles. The normalized spacial score (nSPS) is 10.5. The molecule has 2 heteroatoms. The molecule has 116 valence electrons. The van der Waals surface area contributed by atoms with Gasteiger partial charge in [0.15, 0.2) is 0 Å². The highest BCUT2D eigenvalue weighted by Gasteiger charge is 2.05. The molecule has 0 saturated heterocycles. The number of hydrogen-bond donors (Lipinski definition) is 0. The van der Waals surface area contributed by atoms with E-state index in [1.807, 2.05) is 60.7 Å². The molecule has 0 N–H and O–H groups in total. The van der Waals surface area contributed by atoms with Crippen LogP contribution in [0, 0.1) is 5.82 Å². The van der Waals surface area contributed by atoms with E-state index >= 15 is 0 Å². The van der Waals surface area contributed by atoms with Gasteiger partial charge in [-0.2, -0.15) is 0 Å². The molecule has 0 aliphatic rings. The van der Waals surface area contributed by atoms with E-state index in [9.17, 15) is 4.39 Å². The van der Waals surface area contributed by atoms with Gasteiger partial charge in [-0.15, -0.1) is 0 Å². The molecular weight excluding hydrogens is 287 g/mol. The summed E-state index contributed by atoms with van der Waals surface area (Å²) in [6.07, 6.45) is 1.75. The van der Waals surface area contributed by atoms with Crippen LogP contribution < -0.4 is 4.74 Å². The fraction of sp³-hybridized carbons (Fsp3) is 0.143. The molecule has 0 aromatic heterocycles. The van der Waals surface area contributed by atoms with Gasteiger partial charge in [-0.1, -0.05) is 60.7 Å². The van der Waals surface area contributed by atoms with Crippen LogP contribution in [0.2, 0.25) is 0 Å². The third-order valence-corrected chi connectivity index (χ3v) is 3.80. The van der Waals surface area contributed by atoms with E-state index in [0.29, 0.717) is 5.56 Å². The molecule has 0 aliphatic heterocycles. The Hall–Kier alpha value is -2.61. The largest absolute Gasteiger partial charge is 0.489 e. The summed E-state index contributed by atoms with van der Waals surface area (Å²) in [4.78, 5) is 0. The number of benzene rings is 3. The van der Waals surface area contributed by atoms with Crippen LogP contribution in [0.5, 0.6) is 5.75 Å². The first-order valence-electron chi connectivity index (χ1n) is 7.80. The van der Waals surface area contributed by atoms with Crippen LogP contribution in [0.4, 0.5) is 4.39 Å². The number of halogens is 1. The van der Waals surface area contributed by atoms with Gasteiger partial charge < -0.3 is 4.74 Å². The lowest BCUT2D eigenvalue weighted by Gasteiger charge is -2.09. The molecule has 1 nitrogen and oxygen atoms in total. The van der Waals surface area contributed by atoms with Gasteiger partial charge in [-0.25, -0.2) is 4.39 Å². The zero-order chi connectivity index (χ0) is 15.9. The van der Waals surface area contributed by atoms with Gasteiger partial charge in [0.2, 0.25) is 0 Å². The minimum atomic E-state index is -0.202. The molecule has 3 aromatic carbocycles. The highest BCUT2D eigenvalue weighted by atomic mass is 19.1. The lowest BCUT2D eigenvalue weighted by Crippen LogP contribution is -2.00. The minimum Gasteiger partial charge on any atom is -0.489 e. The van der Waals surface area contributed by atoms with Crippen LogP contribution in [0.15, 0.2) is 78.9 Å². The molecule has 3 rings (SSSR count). The van der Waals surface area contributed by atoms with Gasteiger partial charge in [-0.3, -0.25) is 0 Å². The maximum Gasteiger partial charge on any atom is 0.130 e. The Morgan fingerprint density at radius 3 is 2.04 bits per heavy atom. The summed E-state index contributed by atoms with van der Waals surface area (Å²) in [5.41, 5.74) is 2.86. The van der Waals surface area contributed by atoms with Gasteiger partial charge in [0, 0.05) is 5.56 Å². The molecule has 0 amide bonds. The molecule has 0 unspecified atom stereocenters. The molecule has 0 spiro atoms. The van der Waals surface area contributed by atoms with E-state index in [4.69, 9.17) is 4.74 Å². The fourth-order valence-electron chi connectivity index (χ4n) is 2.47. The second kappa shape index (κ2) is 7.59. The van der Waals surface area contributed by atoms with Crippen LogP contribution in [0.3, 0.4) is 0 Å². The Bertz CT molecular complexity index is 738. The van der Waals surface area contributed by atoms with Crippen LogP contribution in [0.1, 0.15) is 16.7 Å². The van der Waals surface area contributed by atoms with E-state index < -0.39 is 0 Å². The minimum absolute atomic E-state index is 0.202. The van der Waals surface area contributed by atoms with Crippen molar-refractivity contribution in [3.8, 4) is 5.75 Å². The van der Waals surface area contributed by atoms with Crippen molar-refractivity contribution in [3.63, 3.8) is 0 Å². The lowest BCUT2D eigenvalue weighted by atomic mass is 10.0. The maximum atomic E-state index is 14.2. The van der Waals surface area contributed by atoms with E-state index in [-0.39, 0.29) is 12.4 Å². The first-order chi connectivity index (χ1) is 11.3. The average molecular weight is 306 g/mol. The Balaban J connectivity index is 1.59. The van der Waals surface area contributed by atoms with Crippen molar-refractivity contribution in [3.05, 3.63) is 101 Å². The van der Waals surface area contributed by atoms with Gasteiger partial charge in [0.1, 0.15) is 18.2 Å². The molecule has 0 aliphatic carbocycles. The smallest absolute Gasteiger partial charge is 0.130 e. The highest BCUT2D eigenvalue weighted by molar-refractivity contribution is 5.27. The summed E-state index contributed by atoms with van der Waals surface area (Å²) < 4.78 is 19.8. The van der Waals surface area contributed by atoms with E-state index in [2.05, 4.69) is 12.1 Å². The summed E-state index contributed by atoms with van der Waals surface area (Å²) >= 11 is 0. The molecule has 0 atom stereocenters. The Kier molecular flexibility index (Phi) is 5.05. The fourth-order valence-corrected chi connectivity index (χ4v) is 2.47. The molecule has 0 bridgehead atoms. The molecular formula is C21H19FO. The SMILES string of the molecule is Fc1cc(CCc2ccccc2)ccc1COc1ccccc1. The van der Waals surface area contributed by atoms with Crippen molar-refractivity contribution in [2.24, 2.45) is 0 Å². The van der Waals surface area contributed by atoms with Gasteiger partial charge in [0.05, 0.1) is 0 Å². The second-order valence-electron chi connectivity index (χ2n) is 5.51. The van der Waals surface area contributed by atoms with Gasteiger partial charge in [-0.05, 0) is 42.2 Å². The molecule has 0 heterocycles. The first-order valence-corrected chi connectivity index (χ1v) is 7.80. The zero-order valence-corrected chi connectivity index (χ0v) is 12.9. The molecule has 23 heavy (non-hydrogen) atoms. The van der Waals surface area contributed by atoms with Crippen molar-refractivity contribution in [1.82, 2.24) is 0 Å². The van der Waals surface area contributed by atoms with Crippen molar-refractivity contribution in [2.45, 2.75) is 19.4 Å². The van der Waals surface area contributed by atoms with Crippen LogP contribution in [-0.4, -0.2) is 0 Å². The molecule has 0 fully saturated rings. The van der Waals surface area contributed by atoms with Crippen LogP contribution in [-0.2, 0) is 19.4 Å². The monoisotopic (exact) mass is 306 g/mol. The standard InChI is InChI=1S/C21H19FO/c22-21-15-18(12-11-17-7-3-1-4-8-17)13-14-19(21)16-23-20-9-5-2-6-10-20/h1-10,13-15H,11-12,16H2. The van der Waals surface area contributed by atoms with E-state index in [0.717, 1.165) is 24.2 Å². The Labute approximate surface area is 136 Å². The third-order valence-electron chi connectivity index (χ3n) is 3.80. The van der Waals surface area contributed by atoms with Crippen molar-refractivity contribution < 1.29 is 9.13 Å². The summed E-state index contributed by atoms with van der Waals surface area (Å²) in [6, 6.07) is 25.1. The number of rotatable bonds is 6. The van der Waals surface area contributed by atoms with Crippen LogP contribution >= 0.6 is 0 Å². The molecule has 0 radical (unpaired) electrons.